The fraction of sp³-hybridized carbons (Fsp3) is 0.429. The van der Waals surface area contributed by atoms with Gasteiger partial charge in [0.2, 0.25) is 11.8 Å². The van der Waals surface area contributed by atoms with Crippen LogP contribution < -0.4 is 21.1 Å². The molecule has 0 saturated carbocycles. The smallest absolute Gasteiger partial charge is 0.224 e. The van der Waals surface area contributed by atoms with Crippen LogP contribution in [-0.2, 0) is 9.59 Å². The average Bonchev–Trinajstić information content (AvgIpc) is 2.36. The summed E-state index contributed by atoms with van der Waals surface area (Å²) in [5.41, 5.74) is 6.74. The summed E-state index contributed by atoms with van der Waals surface area (Å²) < 4.78 is 5.18. The van der Waals surface area contributed by atoms with Gasteiger partial charge in [0.05, 0.1) is 12.8 Å². The first-order valence-corrected chi connectivity index (χ1v) is 6.43. The number of anilines is 2. The molecule has 0 aliphatic carbocycles. The highest BCUT2D eigenvalue weighted by atomic mass is 16.5. The van der Waals surface area contributed by atoms with Crippen molar-refractivity contribution < 1.29 is 14.3 Å². The summed E-state index contributed by atoms with van der Waals surface area (Å²) in [5.74, 6) is 0.221. The van der Waals surface area contributed by atoms with Crippen LogP contribution in [-0.4, -0.2) is 25.0 Å². The number of hydrogen-bond acceptors (Lipinski definition) is 4. The van der Waals surface area contributed by atoms with Gasteiger partial charge in [0.1, 0.15) is 5.75 Å². The third-order valence-corrected chi connectivity index (χ3v) is 2.62. The van der Waals surface area contributed by atoms with Gasteiger partial charge in [-0.05, 0) is 31.5 Å². The second kappa shape index (κ2) is 7.49. The van der Waals surface area contributed by atoms with Gasteiger partial charge in [-0.3, -0.25) is 9.59 Å². The molecule has 0 aliphatic rings. The zero-order valence-corrected chi connectivity index (χ0v) is 12.0. The van der Waals surface area contributed by atoms with E-state index in [9.17, 15) is 9.59 Å². The Morgan fingerprint density at radius 3 is 2.60 bits per heavy atom. The van der Waals surface area contributed by atoms with Crippen molar-refractivity contribution in [3.63, 3.8) is 0 Å². The highest BCUT2D eigenvalue weighted by Gasteiger charge is 2.10. The highest BCUT2D eigenvalue weighted by Crippen LogP contribution is 2.28. The molecule has 0 bridgehead atoms. The number of carbonyl (C=O) groups is 2. The molecule has 1 rings (SSSR count). The van der Waals surface area contributed by atoms with Gasteiger partial charge in [0.25, 0.3) is 0 Å². The van der Waals surface area contributed by atoms with Gasteiger partial charge in [-0.25, -0.2) is 0 Å². The molecule has 6 heteroatoms. The van der Waals surface area contributed by atoms with Crippen molar-refractivity contribution >= 4 is 23.2 Å². The number of rotatable bonds is 6. The maximum atomic E-state index is 11.8. The summed E-state index contributed by atoms with van der Waals surface area (Å²) in [6, 6.07) is 5.03. The Morgan fingerprint density at radius 1 is 1.35 bits per heavy atom. The molecule has 0 fully saturated rings. The molecule has 1 atom stereocenters. The number of carbonyl (C=O) groups excluding carboxylic acids is 2. The monoisotopic (exact) mass is 279 g/mol. The van der Waals surface area contributed by atoms with Crippen molar-refractivity contribution in [3.05, 3.63) is 18.2 Å². The first-order valence-electron chi connectivity index (χ1n) is 6.43. The quantitative estimate of drug-likeness (QED) is 0.739. The second-order valence-corrected chi connectivity index (χ2v) is 4.66. The van der Waals surface area contributed by atoms with Crippen molar-refractivity contribution in [2.45, 2.75) is 32.7 Å². The van der Waals surface area contributed by atoms with Crippen molar-refractivity contribution in [2.75, 3.05) is 17.7 Å². The van der Waals surface area contributed by atoms with Crippen LogP contribution in [0.15, 0.2) is 18.2 Å². The van der Waals surface area contributed by atoms with Crippen LogP contribution in [0, 0.1) is 0 Å². The van der Waals surface area contributed by atoms with Gasteiger partial charge in [-0.15, -0.1) is 0 Å². The van der Waals surface area contributed by atoms with E-state index in [1.165, 1.54) is 14.0 Å². The number of methoxy groups -OCH3 is 1. The van der Waals surface area contributed by atoms with E-state index in [-0.39, 0.29) is 17.9 Å². The Balaban J connectivity index is 2.80. The molecule has 1 unspecified atom stereocenters. The summed E-state index contributed by atoms with van der Waals surface area (Å²) in [6.07, 6.45) is 0.949. The summed E-state index contributed by atoms with van der Waals surface area (Å²) in [7, 11) is 1.52. The maximum absolute atomic E-state index is 11.8. The first-order chi connectivity index (χ1) is 9.42. The molecule has 0 heterocycles. The Hall–Kier alpha value is -2.08. The molecule has 0 aromatic heterocycles. The van der Waals surface area contributed by atoms with Crippen molar-refractivity contribution in [3.8, 4) is 5.75 Å². The summed E-state index contributed by atoms with van der Waals surface area (Å²) >= 11 is 0. The van der Waals surface area contributed by atoms with Gasteiger partial charge >= 0.3 is 0 Å². The minimum absolute atomic E-state index is 0.0200. The van der Waals surface area contributed by atoms with Crippen LogP contribution in [0.4, 0.5) is 11.4 Å². The number of nitrogens with one attached hydrogen (secondary N) is 2. The second-order valence-electron chi connectivity index (χ2n) is 4.66. The number of nitrogens with two attached hydrogens (primary N) is 1. The fourth-order valence-electron chi connectivity index (χ4n) is 1.66. The van der Waals surface area contributed by atoms with Crippen molar-refractivity contribution in [1.29, 1.82) is 0 Å². The van der Waals surface area contributed by atoms with E-state index in [4.69, 9.17) is 10.5 Å². The molecule has 1 aromatic carbocycles. The minimum atomic E-state index is -0.176. The number of amides is 2. The summed E-state index contributed by atoms with van der Waals surface area (Å²) in [5, 5.41) is 5.41. The van der Waals surface area contributed by atoms with Gasteiger partial charge in [-0.1, -0.05) is 0 Å². The van der Waals surface area contributed by atoms with Crippen LogP contribution in [0.2, 0.25) is 0 Å². The van der Waals surface area contributed by atoms with Gasteiger partial charge < -0.3 is 21.1 Å². The Labute approximate surface area is 118 Å². The van der Waals surface area contributed by atoms with Crippen LogP contribution in [0.5, 0.6) is 5.75 Å². The molecule has 0 saturated heterocycles. The predicted molar refractivity (Wildman–Crippen MR) is 78.8 cm³/mol. The molecule has 2 amide bonds. The first kappa shape index (κ1) is 16.0. The molecule has 0 aliphatic heterocycles. The number of hydrogen-bond donors (Lipinski definition) is 3. The lowest BCUT2D eigenvalue weighted by Gasteiger charge is -2.12. The van der Waals surface area contributed by atoms with Crippen LogP contribution >= 0.6 is 0 Å². The third kappa shape index (κ3) is 5.27. The van der Waals surface area contributed by atoms with Gasteiger partial charge in [0, 0.05) is 25.1 Å². The molecule has 0 radical (unpaired) electrons. The third-order valence-electron chi connectivity index (χ3n) is 2.62. The normalized spacial score (nSPS) is 11.6. The Kier molecular flexibility index (Phi) is 5.99. The van der Waals surface area contributed by atoms with E-state index in [1.807, 2.05) is 6.92 Å². The predicted octanol–water partition coefficient (Wildman–Crippen LogP) is 1.72. The lowest BCUT2D eigenvalue weighted by Crippen LogP contribution is -2.19. The van der Waals surface area contributed by atoms with Gasteiger partial charge in [-0.2, -0.15) is 0 Å². The average molecular weight is 279 g/mol. The molecule has 20 heavy (non-hydrogen) atoms. The van der Waals surface area contributed by atoms with Crippen molar-refractivity contribution in [1.82, 2.24) is 0 Å². The van der Waals surface area contributed by atoms with E-state index in [2.05, 4.69) is 10.6 Å². The SMILES string of the molecule is COc1ccc(NC(C)=O)cc1NC(=O)CCC(C)N. The summed E-state index contributed by atoms with van der Waals surface area (Å²) in [4.78, 5) is 22.8. The largest absolute Gasteiger partial charge is 0.495 e. The molecule has 0 spiro atoms. The molecule has 4 N–H and O–H groups in total. The maximum Gasteiger partial charge on any atom is 0.224 e. The molecular formula is C14H21N3O3. The van der Waals surface area contributed by atoms with E-state index in [1.54, 1.807) is 18.2 Å². The Bertz CT molecular complexity index is 487. The lowest BCUT2D eigenvalue weighted by molar-refractivity contribution is -0.116. The summed E-state index contributed by atoms with van der Waals surface area (Å²) in [6.45, 7) is 3.27. The van der Waals surface area contributed by atoms with Crippen LogP contribution in [0.1, 0.15) is 26.7 Å². The minimum Gasteiger partial charge on any atom is -0.495 e. The topological polar surface area (TPSA) is 93.5 Å². The van der Waals surface area contributed by atoms with E-state index < -0.39 is 0 Å². The van der Waals surface area contributed by atoms with Crippen LogP contribution in [0.25, 0.3) is 0 Å². The van der Waals surface area contributed by atoms with E-state index in [0.29, 0.717) is 30.0 Å². The van der Waals surface area contributed by atoms with Gasteiger partial charge in [0.15, 0.2) is 0 Å². The molecule has 110 valence electrons. The Morgan fingerprint density at radius 2 is 2.05 bits per heavy atom. The van der Waals surface area contributed by atoms with Crippen molar-refractivity contribution in [2.24, 2.45) is 5.73 Å². The highest BCUT2D eigenvalue weighted by molar-refractivity contribution is 5.94. The number of ether oxygens (including phenoxy) is 1. The lowest BCUT2D eigenvalue weighted by atomic mass is 10.2. The fourth-order valence-corrected chi connectivity index (χ4v) is 1.66. The zero-order chi connectivity index (χ0) is 15.1. The number of benzene rings is 1. The molecular weight excluding hydrogens is 258 g/mol. The zero-order valence-electron chi connectivity index (χ0n) is 12.0. The molecule has 1 aromatic rings. The van der Waals surface area contributed by atoms with E-state index in [0.717, 1.165) is 0 Å². The molecule has 6 nitrogen and oxygen atoms in total. The standard InChI is InChI=1S/C14H21N3O3/c1-9(15)4-7-14(19)17-12-8-11(16-10(2)18)5-6-13(12)20-3/h5-6,8-9H,4,7,15H2,1-3H3,(H,16,18)(H,17,19). The van der Waals surface area contributed by atoms with E-state index >= 15 is 0 Å². The van der Waals surface area contributed by atoms with Crippen LogP contribution in [0.3, 0.4) is 0 Å².